The van der Waals surface area contributed by atoms with Gasteiger partial charge in [0.2, 0.25) is 15.9 Å². The Morgan fingerprint density at radius 3 is 2.18 bits per heavy atom. The van der Waals surface area contributed by atoms with E-state index in [4.69, 9.17) is 21.4 Å². The molecule has 9 nitrogen and oxygen atoms in total. The maximum Gasteiger partial charge on any atom is 0.303 e. The number of phenolic OH excluding ortho intramolecular Hbond substituents is 1. The van der Waals surface area contributed by atoms with E-state index in [0.717, 1.165) is 35.1 Å². The minimum atomic E-state index is -3.89. The lowest BCUT2D eigenvalue weighted by molar-refractivity contribution is -0.137. The van der Waals surface area contributed by atoms with E-state index in [0.29, 0.717) is 35.7 Å². The zero-order chi connectivity index (χ0) is 32.1. The van der Waals surface area contributed by atoms with Crippen LogP contribution in [0.5, 0.6) is 5.75 Å². The van der Waals surface area contributed by atoms with Gasteiger partial charge in [-0.3, -0.25) is 13.9 Å². The van der Waals surface area contributed by atoms with Crippen LogP contribution in [0.15, 0.2) is 72.8 Å². The van der Waals surface area contributed by atoms with Gasteiger partial charge in [-0.25, -0.2) is 8.42 Å². The van der Waals surface area contributed by atoms with Crippen LogP contribution in [0.4, 0.5) is 11.4 Å². The SMILES string of the molecule is CCN(c1ccccc1Cl)S(=O)(=O)C1CC2OC1C(c1ccc(NC(=O)CCCCCCC(=O)O)cc1)=C2c1ccc(O)cc1. The van der Waals surface area contributed by atoms with E-state index in [1.165, 1.54) is 4.31 Å². The monoisotopic (exact) mass is 652 g/mol. The summed E-state index contributed by atoms with van der Waals surface area (Å²) in [6.45, 7) is 1.99. The average Bonchev–Trinajstić information content (AvgIpc) is 3.61. The number of benzene rings is 3. The fraction of sp³-hybridized carbons (Fsp3) is 0.353. The van der Waals surface area contributed by atoms with Crippen LogP contribution in [0, 0.1) is 0 Å². The topological polar surface area (TPSA) is 133 Å². The molecule has 3 N–H and O–H groups in total. The van der Waals surface area contributed by atoms with Crippen LogP contribution >= 0.6 is 11.6 Å². The molecule has 0 aliphatic carbocycles. The van der Waals surface area contributed by atoms with Gasteiger partial charge < -0.3 is 20.3 Å². The van der Waals surface area contributed by atoms with Crippen molar-refractivity contribution in [3.05, 3.63) is 88.9 Å². The van der Waals surface area contributed by atoms with Gasteiger partial charge in [0.15, 0.2) is 0 Å². The summed E-state index contributed by atoms with van der Waals surface area (Å²) in [5.74, 6) is -0.806. The summed E-state index contributed by atoms with van der Waals surface area (Å²) in [5, 5.41) is 21.1. The third-order valence-electron chi connectivity index (χ3n) is 8.29. The summed E-state index contributed by atoms with van der Waals surface area (Å²) in [5.41, 5.74) is 4.31. The summed E-state index contributed by atoms with van der Waals surface area (Å²) in [6, 6.07) is 21.0. The van der Waals surface area contributed by atoms with Gasteiger partial charge >= 0.3 is 5.97 Å². The number of aromatic hydroxyl groups is 1. The molecule has 45 heavy (non-hydrogen) atoms. The number of phenols is 1. The molecule has 238 valence electrons. The minimum Gasteiger partial charge on any atom is -0.508 e. The van der Waals surface area contributed by atoms with Crippen LogP contribution < -0.4 is 9.62 Å². The van der Waals surface area contributed by atoms with Crippen LogP contribution in [0.2, 0.25) is 5.02 Å². The normalized spacial score (nSPS) is 19.1. The number of hydrogen-bond acceptors (Lipinski definition) is 6. The van der Waals surface area contributed by atoms with Gasteiger partial charge in [0.25, 0.3) is 0 Å². The third-order valence-corrected chi connectivity index (χ3v) is 10.9. The second kappa shape index (κ2) is 14.1. The van der Waals surface area contributed by atoms with Gasteiger partial charge in [-0.15, -0.1) is 0 Å². The predicted octanol–water partition coefficient (Wildman–Crippen LogP) is 6.72. The molecule has 5 rings (SSSR count). The molecule has 2 heterocycles. The molecule has 0 aromatic heterocycles. The Hall–Kier alpha value is -3.86. The minimum absolute atomic E-state index is 0.126. The number of aliphatic carboxylic acids is 1. The highest BCUT2D eigenvalue weighted by atomic mass is 35.5. The molecular formula is C34H37ClN2O7S. The first kappa shape index (κ1) is 32.5. The van der Waals surface area contributed by atoms with Crippen LogP contribution in [0.1, 0.15) is 63.0 Å². The summed E-state index contributed by atoms with van der Waals surface area (Å²) in [6.07, 6.45) is 2.38. The summed E-state index contributed by atoms with van der Waals surface area (Å²) >= 11 is 6.42. The summed E-state index contributed by atoms with van der Waals surface area (Å²) < 4.78 is 36.1. The summed E-state index contributed by atoms with van der Waals surface area (Å²) in [4.78, 5) is 23.2. The number of carbonyl (C=O) groups is 2. The van der Waals surface area contributed by atoms with Crippen LogP contribution in [0.3, 0.4) is 0 Å². The Kier molecular flexibility index (Phi) is 10.2. The van der Waals surface area contributed by atoms with E-state index in [1.54, 1.807) is 67.6 Å². The molecule has 3 atom stereocenters. The Labute approximate surface area is 268 Å². The number of amides is 1. The van der Waals surface area contributed by atoms with Crippen molar-refractivity contribution in [3.63, 3.8) is 0 Å². The van der Waals surface area contributed by atoms with Crippen molar-refractivity contribution in [1.29, 1.82) is 0 Å². The van der Waals surface area contributed by atoms with Crippen molar-refractivity contribution < 1.29 is 33.0 Å². The van der Waals surface area contributed by atoms with E-state index in [-0.39, 0.29) is 31.0 Å². The Morgan fingerprint density at radius 1 is 0.911 bits per heavy atom. The number of para-hydroxylation sites is 1. The van der Waals surface area contributed by atoms with Crippen molar-refractivity contribution >= 4 is 56.0 Å². The second-order valence-corrected chi connectivity index (χ2v) is 13.8. The number of sulfonamides is 1. The number of anilines is 2. The Morgan fingerprint density at radius 2 is 1.53 bits per heavy atom. The highest BCUT2D eigenvalue weighted by Gasteiger charge is 2.54. The number of unbranched alkanes of at least 4 members (excludes halogenated alkanes) is 3. The van der Waals surface area contributed by atoms with Crippen LogP contribution in [-0.2, 0) is 24.3 Å². The van der Waals surface area contributed by atoms with Gasteiger partial charge in [-0.05, 0) is 84.9 Å². The van der Waals surface area contributed by atoms with Gasteiger partial charge in [-0.2, -0.15) is 0 Å². The molecule has 2 bridgehead atoms. The van der Waals surface area contributed by atoms with E-state index in [2.05, 4.69) is 5.32 Å². The highest BCUT2D eigenvalue weighted by molar-refractivity contribution is 7.93. The molecule has 1 amide bonds. The lowest BCUT2D eigenvalue weighted by Crippen LogP contribution is -2.43. The molecular weight excluding hydrogens is 616 g/mol. The van der Waals surface area contributed by atoms with Crippen molar-refractivity contribution in [2.45, 2.75) is 69.3 Å². The van der Waals surface area contributed by atoms with E-state index in [9.17, 15) is 23.1 Å². The molecule has 3 aromatic carbocycles. The molecule has 2 aliphatic heterocycles. The van der Waals surface area contributed by atoms with Crippen LogP contribution in [-0.4, -0.2) is 54.5 Å². The molecule has 0 saturated carbocycles. The highest BCUT2D eigenvalue weighted by Crippen LogP contribution is 2.51. The van der Waals surface area contributed by atoms with Gasteiger partial charge in [0.1, 0.15) is 17.1 Å². The maximum atomic E-state index is 14.2. The van der Waals surface area contributed by atoms with Gasteiger partial charge in [0, 0.05) is 25.1 Å². The lowest BCUT2D eigenvalue weighted by atomic mass is 9.83. The first-order chi connectivity index (χ1) is 21.6. The van der Waals surface area contributed by atoms with E-state index in [1.807, 2.05) is 12.1 Å². The number of hydrogen-bond donors (Lipinski definition) is 3. The van der Waals surface area contributed by atoms with Crippen molar-refractivity contribution in [2.24, 2.45) is 0 Å². The number of ether oxygens (including phenoxy) is 1. The Balaban J connectivity index is 1.38. The predicted molar refractivity (Wildman–Crippen MR) is 176 cm³/mol. The first-order valence-electron chi connectivity index (χ1n) is 15.2. The van der Waals surface area contributed by atoms with Crippen molar-refractivity contribution in [2.75, 3.05) is 16.2 Å². The number of nitrogens with one attached hydrogen (secondary N) is 1. The van der Waals surface area contributed by atoms with Crippen LogP contribution in [0.25, 0.3) is 11.1 Å². The number of carbonyl (C=O) groups excluding carboxylic acids is 1. The molecule has 0 radical (unpaired) electrons. The molecule has 1 fully saturated rings. The standard InChI is InChI=1S/C34H37ClN2O7S/c1-2-37(27-10-8-7-9-26(27)35)45(42,43)29-21-28-32(22-15-19-25(38)20-16-22)33(34(29)44-28)23-13-17-24(18-14-23)36-30(39)11-5-3-4-6-12-31(40)41/h7-10,13-20,28-29,34,38H,2-6,11-12,21H2,1H3,(H,36,39)(H,40,41). The number of carboxylic acids is 1. The fourth-order valence-corrected chi connectivity index (χ4v) is 8.52. The first-order valence-corrected chi connectivity index (χ1v) is 17.0. The number of halogens is 1. The molecule has 0 spiro atoms. The zero-order valence-electron chi connectivity index (χ0n) is 25.0. The largest absolute Gasteiger partial charge is 0.508 e. The van der Waals surface area contributed by atoms with E-state index >= 15 is 0 Å². The zero-order valence-corrected chi connectivity index (χ0v) is 26.6. The summed E-state index contributed by atoms with van der Waals surface area (Å²) in [7, 11) is -3.89. The van der Waals surface area contributed by atoms with E-state index < -0.39 is 33.5 Å². The molecule has 3 aromatic rings. The van der Waals surface area contributed by atoms with Gasteiger partial charge in [0.05, 0.1) is 16.8 Å². The lowest BCUT2D eigenvalue weighted by Gasteiger charge is -2.31. The quantitative estimate of drug-likeness (QED) is 0.165. The van der Waals surface area contributed by atoms with Crippen molar-refractivity contribution in [3.8, 4) is 5.75 Å². The average molecular weight is 653 g/mol. The Bertz CT molecular complexity index is 1670. The number of carboxylic acid groups (broad SMARTS) is 1. The fourth-order valence-electron chi connectivity index (χ4n) is 6.18. The molecule has 3 unspecified atom stereocenters. The number of fused-ring (bicyclic) bond motifs is 2. The van der Waals surface area contributed by atoms with Crippen molar-refractivity contribution in [1.82, 2.24) is 0 Å². The van der Waals surface area contributed by atoms with Gasteiger partial charge in [-0.1, -0.05) is 60.8 Å². The molecule has 1 saturated heterocycles. The second-order valence-electron chi connectivity index (χ2n) is 11.3. The molecule has 11 heteroatoms. The smallest absolute Gasteiger partial charge is 0.303 e. The molecule has 2 aliphatic rings. The third kappa shape index (κ3) is 7.19. The number of rotatable bonds is 14. The maximum absolute atomic E-state index is 14.2. The number of nitrogens with zero attached hydrogens (tertiary/aromatic N) is 1.